The molecule has 3 aromatic rings. The van der Waals surface area contributed by atoms with Gasteiger partial charge in [-0.05, 0) is 37.0 Å². The topological polar surface area (TPSA) is 67.2 Å². The maximum atomic E-state index is 13.7. The fourth-order valence-electron chi connectivity index (χ4n) is 3.65. The van der Waals surface area contributed by atoms with Crippen LogP contribution in [0.25, 0.3) is 16.9 Å². The van der Waals surface area contributed by atoms with E-state index in [0.717, 1.165) is 18.4 Å². The predicted octanol–water partition coefficient (Wildman–Crippen LogP) is 5.16. The van der Waals surface area contributed by atoms with Crippen LogP contribution in [0.2, 0.25) is 5.02 Å². The van der Waals surface area contributed by atoms with Crippen molar-refractivity contribution in [2.45, 2.75) is 26.7 Å². The standard InChI is InChI=1S/C25H26ClFN4O2/c1-16(2)13-30(24(33)18-8-9-18)15-23(32)29-25-28-22(17-6-4-3-5-7-17)14-31(25)19-10-11-21(27)20(26)12-19/h3-7,10-12,14,16,18H,8-9,13,15H2,1-2H3,(H,28,29,32). The van der Waals surface area contributed by atoms with Crippen molar-refractivity contribution in [1.29, 1.82) is 0 Å². The summed E-state index contributed by atoms with van der Waals surface area (Å²) in [4.78, 5) is 31.8. The summed E-state index contributed by atoms with van der Waals surface area (Å²) in [5, 5.41) is 2.80. The molecule has 1 aliphatic carbocycles. The molecule has 1 aliphatic rings. The van der Waals surface area contributed by atoms with E-state index in [1.54, 1.807) is 21.7 Å². The average Bonchev–Trinajstić information content (AvgIpc) is 3.55. The number of anilines is 1. The largest absolute Gasteiger partial charge is 0.333 e. The number of hydrogen-bond acceptors (Lipinski definition) is 3. The Morgan fingerprint density at radius 1 is 1.21 bits per heavy atom. The lowest BCUT2D eigenvalue weighted by atomic mass is 10.2. The first-order chi connectivity index (χ1) is 15.8. The zero-order valence-electron chi connectivity index (χ0n) is 18.6. The molecule has 33 heavy (non-hydrogen) atoms. The van der Waals surface area contributed by atoms with Crippen LogP contribution in [-0.2, 0) is 9.59 Å². The number of aromatic nitrogens is 2. The molecule has 172 valence electrons. The molecule has 1 N–H and O–H groups in total. The van der Waals surface area contributed by atoms with Crippen LogP contribution in [0.3, 0.4) is 0 Å². The molecule has 0 saturated heterocycles. The van der Waals surface area contributed by atoms with E-state index >= 15 is 0 Å². The molecule has 0 bridgehead atoms. The van der Waals surface area contributed by atoms with Crippen LogP contribution in [0, 0.1) is 17.7 Å². The summed E-state index contributed by atoms with van der Waals surface area (Å²) < 4.78 is 15.4. The van der Waals surface area contributed by atoms with Gasteiger partial charge in [0.1, 0.15) is 5.82 Å². The number of hydrogen-bond donors (Lipinski definition) is 1. The molecule has 1 saturated carbocycles. The molecule has 0 aliphatic heterocycles. The van der Waals surface area contributed by atoms with E-state index in [1.165, 1.54) is 12.1 Å². The zero-order chi connectivity index (χ0) is 23.5. The maximum absolute atomic E-state index is 13.7. The van der Waals surface area contributed by atoms with E-state index in [0.29, 0.717) is 17.9 Å². The summed E-state index contributed by atoms with van der Waals surface area (Å²) in [5.74, 6) is -0.304. The Morgan fingerprint density at radius 2 is 1.94 bits per heavy atom. The van der Waals surface area contributed by atoms with Gasteiger partial charge in [0.2, 0.25) is 17.8 Å². The van der Waals surface area contributed by atoms with Crippen molar-refractivity contribution >= 4 is 29.4 Å². The van der Waals surface area contributed by atoms with Crippen molar-refractivity contribution in [3.8, 4) is 16.9 Å². The lowest BCUT2D eigenvalue weighted by Crippen LogP contribution is -2.41. The van der Waals surface area contributed by atoms with E-state index in [9.17, 15) is 14.0 Å². The van der Waals surface area contributed by atoms with E-state index in [1.807, 2.05) is 44.2 Å². The molecule has 1 heterocycles. The molecule has 2 aromatic carbocycles. The van der Waals surface area contributed by atoms with Crippen molar-refractivity contribution in [1.82, 2.24) is 14.5 Å². The first-order valence-corrected chi connectivity index (χ1v) is 11.4. The Balaban J connectivity index is 1.62. The first kappa shape index (κ1) is 23.0. The summed E-state index contributed by atoms with van der Waals surface area (Å²) >= 11 is 5.99. The Kier molecular flexibility index (Phi) is 6.79. The van der Waals surface area contributed by atoms with Crippen LogP contribution in [0.4, 0.5) is 10.3 Å². The van der Waals surface area contributed by atoms with Crippen molar-refractivity contribution in [2.24, 2.45) is 11.8 Å². The predicted molar refractivity (Wildman–Crippen MR) is 127 cm³/mol. The van der Waals surface area contributed by atoms with Crippen LogP contribution in [0.1, 0.15) is 26.7 Å². The molecule has 0 radical (unpaired) electrons. The zero-order valence-corrected chi connectivity index (χ0v) is 19.3. The van der Waals surface area contributed by atoms with Gasteiger partial charge in [0.15, 0.2) is 0 Å². The molecule has 0 spiro atoms. The third-order valence-electron chi connectivity index (χ3n) is 5.37. The Hall–Kier alpha value is -3.19. The smallest absolute Gasteiger partial charge is 0.246 e. The molecular weight excluding hydrogens is 443 g/mol. The second-order valence-corrected chi connectivity index (χ2v) is 9.13. The highest BCUT2D eigenvalue weighted by atomic mass is 35.5. The second kappa shape index (κ2) is 9.75. The number of carbonyl (C=O) groups is 2. The van der Waals surface area contributed by atoms with Gasteiger partial charge in [0, 0.05) is 24.2 Å². The number of nitrogens with zero attached hydrogens (tertiary/aromatic N) is 3. The molecule has 4 rings (SSSR count). The minimum atomic E-state index is -0.530. The second-order valence-electron chi connectivity index (χ2n) is 8.72. The van der Waals surface area contributed by atoms with Gasteiger partial charge in [-0.15, -0.1) is 0 Å². The molecule has 2 amide bonds. The quantitative estimate of drug-likeness (QED) is 0.496. The summed E-state index contributed by atoms with van der Waals surface area (Å²) in [7, 11) is 0. The van der Waals surface area contributed by atoms with Gasteiger partial charge in [0.05, 0.1) is 22.9 Å². The molecule has 6 nitrogen and oxygen atoms in total. The highest BCUT2D eigenvalue weighted by molar-refractivity contribution is 6.30. The van der Waals surface area contributed by atoms with Gasteiger partial charge < -0.3 is 4.90 Å². The lowest BCUT2D eigenvalue weighted by Gasteiger charge is -2.24. The average molecular weight is 469 g/mol. The monoisotopic (exact) mass is 468 g/mol. The SMILES string of the molecule is CC(C)CN(CC(=O)Nc1nc(-c2ccccc2)cn1-c1ccc(F)c(Cl)c1)C(=O)C1CC1. The van der Waals surface area contributed by atoms with Crippen LogP contribution in [0.5, 0.6) is 0 Å². The molecular formula is C25H26ClFN4O2. The lowest BCUT2D eigenvalue weighted by molar-refractivity contribution is -0.136. The minimum absolute atomic E-state index is 0.0254. The Bertz CT molecular complexity index is 1160. The van der Waals surface area contributed by atoms with Crippen LogP contribution in [-0.4, -0.2) is 39.4 Å². The number of benzene rings is 2. The number of amides is 2. The fourth-order valence-corrected chi connectivity index (χ4v) is 3.82. The van der Waals surface area contributed by atoms with E-state index in [2.05, 4.69) is 10.3 Å². The first-order valence-electron chi connectivity index (χ1n) is 11.0. The highest BCUT2D eigenvalue weighted by Gasteiger charge is 2.34. The van der Waals surface area contributed by atoms with Crippen LogP contribution < -0.4 is 5.32 Å². The normalized spacial score (nSPS) is 13.2. The van der Waals surface area contributed by atoms with Gasteiger partial charge in [-0.1, -0.05) is 55.8 Å². The van der Waals surface area contributed by atoms with E-state index in [-0.39, 0.29) is 41.2 Å². The van der Waals surface area contributed by atoms with Crippen molar-refractivity contribution in [3.63, 3.8) is 0 Å². The van der Waals surface area contributed by atoms with E-state index < -0.39 is 5.82 Å². The summed E-state index contributed by atoms with van der Waals surface area (Å²) in [6.45, 7) is 4.50. The number of imidazole rings is 1. The van der Waals surface area contributed by atoms with Crippen LogP contribution >= 0.6 is 11.6 Å². The van der Waals surface area contributed by atoms with Gasteiger partial charge in [-0.2, -0.15) is 0 Å². The third-order valence-corrected chi connectivity index (χ3v) is 5.66. The van der Waals surface area contributed by atoms with Crippen molar-refractivity contribution in [2.75, 3.05) is 18.4 Å². The number of rotatable bonds is 8. The number of halogens is 2. The Labute approximate surface area is 197 Å². The van der Waals surface area contributed by atoms with Crippen molar-refractivity contribution < 1.29 is 14.0 Å². The highest BCUT2D eigenvalue weighted by Crippen LogP contribution is 2.31. The van der Waals surface area contributed by atoms with Gasteiger partial charge in [0.25, 0.3) is 0 Å². The Morgan fingerprint density at radius 3 is 2.58 bits per heavy atom. The van der Waals surface area contributed by atoms with Crippen molar-refractivity contribution in [3.05, 3.63) is 65.6 Å². The summed E-state index contributed by atoms with van der Waals surface area (Å²) in [6, 6.07) is 13.8. The number of nitrogens with one attached hydrogen (secondary N) is 1. The molecule has 0 atom stereocenters. The minimum Gasteiger partial charge on any atom is -0.333 e. The molecule has 1 fully saturated rings. The van der Waals surface area contributed by atoms with Gasteiger partial charge >= 0.3 is 0 Å². The molecule has 1 aromatic heterocycles. The summed E-state index contributed by atoms with van der Waals surface area (Å²) in [5.41, 5.74) is 2.06. The van der Waals surface area contributed by atoms with E-state index in [4.69, 9.17) is 11.6 Å². The van der Waals surface area contributed by atoms with Crippen LogP contribution in [0.15, 0.2) is 54.7 Å². The third kappa shape index (κ3) is 5.60. The summed E-state index contributed by atoms with van der Waals surface area (Å²) in [6.07, 6.45) is 3.52. The maximum Gasteiger partial charge on any atom is 0.246 e. The molecule has 0 unspecified atom stereocenters. The molecule has 8 heteroatoms. The number of carbonyl (C=O) groups excluding carboxylic acids is 2. The fraction of sp³-hybridized carbons (Fsp3) is 0.320. The van der Waals surface area contributed by atoms with Gasteiger partial charge in [-0.3, -0.25) is 19.5 Å². The van der Waals surface area contributed by atoms with Gasteiger partial charge in [-0.25, -0.2) is 9.37 Å².